The number of ether oxygens (including phenoxy) is 2. The Morgan fingerprint density at radius 2 is 1.91 bits per heavy atom. The quantitative estimate of drug-likeness (QED) is 0.188. The largest absolute Gasteiger partial charge is 0.481 e. The number of nitrogens with zero attached hydrogens (tertiary/aromatic N) is 1. The SMILES string of the molecule is CN[C@@H](Cc1ccn(COC2OC(C(=O)O)C(O)[C@H](O)[C@@H]2O)c1)C(=O)C[C@H](CSC)C(=O)O. The third-order valence-electron chi connectivity index (χ3n) is 5.35. The Hall–Kier alpha value is -2.00. The Morgan fingerprint density at radius 1 is 1.21 bits per heavy atom. The Morgan fingerprint density at radius 3 is 2.48 bits per heavy atom. The highest BCUT2D eigenvalue weighted by Gasteiger charge is 2.47. The van der Waals surface area contributed by atoms with Crippen LogP contribution in [0.25, 0.3) is 0 Å². The number of aromatic nitrogens is 1. The first kappa shape index (κ1) is 27.2. The van der Waals surface area contributed by atoms with Gasteiger partial charge in [-0.05, 0) is 31.4 Å². The molecule has 0 saturated carbocycles. The minimum atomic E-state index is -1.80. The maximum Gasteiger partial charge on any atom is 0.335 e. The number of carbonyl (C=O) groups excluding carboxylic acids is 1. The highest BCUT2D eigenvalue weighted by Crippen LogP contribution is 2.23. The van der Waals surface area contributed by atoms with Gasteiger partial charge in [0.15, 0.2) is 18.2 Å². The van der Waals surface area contributed by atoms with Gasteiger partial charge in [0, 0.05) is 24.6 Å². The average Bonchev–Trinajstić information content (AvgIpc) is 3.22. The third-order valence-corrected chi connectivity index (χ3v) is 6.09. The lowest BCUT2D eigenvalue weighted by Crippen LogP contribution is -2.60. The fourth-order valence-electron chi connectivity index (χ4n) is 3.46. The van der Waals surface area contributed by atoms with Gasteiger partial charge in [-0.15, -0.1) is 0 Å². The predicted octanol–water partition coefficient (Wildman–Crippen LogP) is -1.49. The lowest BCUT2D eigenvalue weighted by Gasteiger charge is -2.38. The molecule has 0 amide bonds. The zero-order valence-corrected chi connectivity index (χ0v) is 19.1. The zero-order chi connectivity index (χ0) is 24.7. The molecule has 1 aromatic heterocycles. The molecule has 0 bridgehead atoms. The highest BCUT2D eigenvalue weighted by atomic mass is 32.2. The van der Waals surface area contributed by atoms with Crippen molar-refractivity contribution in [2.45, 2.75) is 56.3 Å². The number of hydrogen-bond donors (Lipinski definition) is 6. The number of carboxylic acid groups (broad SMARTS) is 2. The van der Waals surface area contributed by atoms with Crippen LogP contribution >= 0.6 is 11.8 Å². The summed E-state index contributed by atoms with van der Waals surface area (Å²) in [7, 11) is 1.62. The molecule has 6 N–H and O–H groups in total. The van der Waals surface area contributed by atoms with E-state index in [9.17, 15) is 34.8 Å². The van der Waals surface area contributed by atoms with E-state index in [2.05, 4.69) is 5.32 Å². The zero-order valence-electron chi connectivity index (χ0n) is 18.2. The number of aliphatic hydroxyl groups excluding tert-OH is 3. The van der Waals surface area contributed by atoms with E-state index in [0.717, 1.165) is 5.56 Å². The topological polar surface area (TPSA) is 188 Å². The fourth-order valence-corrected chi connectivity index (χ4v) is 4.12. The van der Waals surface area contributed by atoms with Crippen molar-refractivity contribution in [2.75, 3.05) is 19.1 Å². The van der Waals surface area contributed by atoms with E-state index in [0.29, 0.717) is 12.2 Å². The lowest BCUT2D eigenvalue weighted by molar-refractivity contribution is -0.301. The van der Waals surface area contributed by atoms with Gasteiger partial charge >= 0.3 is 11.9 Å². The van der Waals surface area contributed by atoms with Gasteiger partial charge < -0.3 is 44.9 Å². The third kappa shape index (κ3) is 7.24. The van der Waals surface area contributed by atoms with E-state index in [1.165, 1.54) is 11.8 Å². The normalized spacial score (nSPS) is 27.1. The second-order valence-electron chi connectivity index (χ2n) is 7.77. The Bertz CT molecular complexity index is 819. The number of nitrogens with one attached hydrogen (secondary N) is 1. The summed E-state index contributed by atoms with van der Waals surface area (Å²) in [6.07, 6.45) is -3.13. The Kier molecular flexibility index (Phi) is 10.3. The van der Waals surface area contributed by atoms with E-state index in [1.807, 2.05) is 0 Å². The lowest BCUT2D eigenvalue weighted by atomic mass is 9.96. The van der Waals surface area contributed by atoms with Crippen LogP contribution in [0.5, 0.6) is 0 Å². The number of ketones is 1. The number of likely N-dealkylation sites (N-methyl/N-ethyl adjacent to an activating group) is 1. The summed E-state index contributed by atoms with van der Waals surface area (Å²) in [6.45, 7) is -0.163. The minimum Gasteiger partial charge on any atom is -0.481 e. The van der Waals surface area contributed by atoms with Crippen molar-refractivity contribution in [1.29, 1.82) is 0 Å². The van der Waals surface area contributed by atoms with Gasteiger partial charge in [0.25, 0.3) is 0 Å². The molecule has 0 spiro atoms. The van der Waals surface area contributed by atoms with Crippen molar-refractivity contribution >= 4 is 29.5 Å². The molecule has 0 aliphatic carbocycles. The maximum absolute atomic E-state index is 12.6. The van der Waals surface area contributed by atoms with Gasteiger partial charge in [-0.2, -0.15) is 11.8 Å². The first-order valence-electron chi connectivity index (χ1n) is 10.2. The van der Waals surface area contributed by atoms with Crippen LogP contribution in [0.4, 0.5) is 0 Å². The maximum atomic E-state index is 12.6. The van der Waals surface area contributed by atoms with Gasteiger partial charge in [-0.1, -0.05) is 0 Å². The summed E-state index contributed by atoms with van der Waals surface area (Å²) in [5.41, 5.74) is 0.757. The smallest absolute Gasteiger partial charge is 0.335 e. The van der Waals surface area contributed by atoms with Gasteiger partial charge in [0.1, 0.15) is 25.0 Å². The van der Waals surface area contributed by atoms with Gasteiger partial charge in [0.2, 0.25) is 0 Å². The minimum absolute atomic E-state index is 0.0820. The van der Waals surface area contributed by atoms with Gasteiger partial charge in [-0.3, -0.25) is 9.59 Å². The number of Topliss-reactive ketones (excluding diaryl/α,β-unsaturated/α-hetero) is 1. The molecule has 2 heterocycles. The molecule has 1 aliphatic rings. The summed E-state index contributed by atoms with van der Waals surface area (Å²) in [5.74, 6) is -3.14. The summed E-state index contributed by atoms with van der Waals surface area (Å²) in [5, 5.41) is 50.8. The van der Waals surface area contributed by atoms with Crippen molar-refractivity contribution in [1.82, 2.24) is 9.88 Å². The summed E-state index contributed by atoms with van der Waals surface area (Å²) in [4.78, 5) is 35.1. The highest BCUT2D eigenvalue weighted by molar-refractivity contribution is 7.98. The number of carboxylic acids is 2. The average molecular weight is 491 g/mol. The first-order valence-corrected chi connectivity index (χ1v) is 11.6. The van der Waals surface area contributed by atoms with Gasteiger partial charge in [0.05, 0.1) is 12.0 Å². The van der Waals surface area contributed by atoms with E-state index >= 15 is 0 Å². The van der Waals surface area contributed by atoms with Crippen LogP contribution in [-0.4, -0.2) is 104 Å². The number of aliphatic hydroxyl groups is 3. The second kappa shape index (κ2) is 12.5. The van der Waals surface area contributed by atoms with Gasteiger partial charge in [-0.25, -0.2) is 4.79 Å². The van der Waals surface area contributed by atoms with Crippen molar-refractivity contribution in [3.8, 4) is 0 Å². The number of rotatable bonds is 13. The number of hydrogen-bond acceptors (Lipinski definition) is 10. The van der Waals surface area contributed by atoms with E-state index in [-0.39, 0.29) is 18.9 Å². The standard InChI is InChI=1S/C20H30N2O10S/c1-21-12(13(23)6-11(8-33-2)18(27)28)5-10-3-4-22(7-10)9-31-20-16(26)14(24)15(25)17(32-20)19(29)30/h3-4,7,11-12,14-17,20-21,24-26H,5-6,8-9H2,1-2H3,(H,27,28)(H,29,30)/t11-,12+,14+,15?,16+,17?,20?/m1/s1. The van der Waals surface area contributed by atoms with Crippen LogP contribution in [0, 0.1) is 5.92 Å². The monoisotopic (exact) mass is 490 g/mol. The fraction of sp³-hybridized carbons (Fsp3) is 0.650. The Balaban J connectivity index is 1.95. The molecule has 0 radical (unpaired) electrons. The van der Waals surface area contributed by atoms with Crippen LogP contribution < -0.4 is 5.32 Å². The van der Waals surface area contributed by atoms with Crippen molar-refractivity contribution in [2.24, 2.45) is 5.92 Å². The molecule has 33 heavy (non-hydrogen) atoms. The molecular formula is C20H30N2O10S. The Labute approximate surface area is 194 Å². The molecule has 12 nitrogen and oxygen atoms in total. The second-order valence-corrected chi connectivity index (χ2v) is 8.68. The number of carbonyl (C=O) groups is 3. The molecule has 3 unspecified atom stereocenters. The van der Waals surface area contributed by atoms with Crippen LogP contribution in [0.2, 0.25) is 0 Å². The molecule has 13 heteroatoms. The first-order chi connectivity index (χ1) is 15.6. The van der Waals surface area contributed by atoms with Crippen LogP contribution in [0.1, 0.15) is 12.0 Å². The van der Waals surface area contributed by atoms with Crippen LogP contribution in [0.3, 0.4) is 0 Å². The van der Waals surface area contributed by atoms with E-state index < -0.39 is 54.6 Å². The van der Waals surface area contributed by atoms with Crippen LogP contribution in [-0.2, 0) is 37.0 Å². The molecule has 0 aromatic carbocycles. The number of aliphatic carboxylic acids is 2. The summed E-state index contributed by atoms with van der Waals surface area (Å²) >= 11 is 1.36. The summed E-state index contributed by atoms with van der Waals surface area (Å²) < 4.78 is 12.0. The van der Waals surface area contributed by atoms with Crippen LogP contribution in [0.15, 0.2) is 18.5 Å². The molecule has 1 aliphatic heterocycles. The van der Waals surface area contributed by atoms with Crippen molar-refractivity contribution in [3.63, 3.8) is 0 Å². The molecule has 2 rings (SSSR count). The molecule has 1 saturated heterocycles. The molecule has 1 fully saturated rings. The van der Waals surface area contributed by atoms with E-state index in [1.54, 1.807) is 36.3 Å². The predicted molar refractivity (Wildman–Crippen MR) is 116 cm³/mol. The molecular weight excluding hydrogens is 460 g/mol. The van der Waals surface area contributed by atoms with Crippen molar-refractivity contribution < 1.29 is 49.4 Å². The molecule has 1 aromatic rings. The molecule has 186 valence electrons. The van der Waals surface area contributed by atoms with Crippen molar-refractivity contribution in [3.05, 3.63) is 24.0 Å². The van der Waals surface area contributed by atoms with E-state index in [4.69, 9.17) is 14.6 Å². The number of thioether (sulfide) groups is 1. The summed E-state index contributed by atoms with van der Waals surface area (Å²) in [6, 6.07) is 1.15. The molecule has 7 atom stereocenters.